The number of hydrogen-bond acceptors (Lipinski definition) is 5. The molecule has 2 atom stereocenters. The van der Waals surface area contributed by atoms with Crippen molar-refractivity contribution in [3.05, 3.63) is 0 Å². The smallest absolute Gasteiger partial charge is 0.243 e. The number of rotatable bonds is 13. The lowest BCUT2D eigenvalue weighted by Crippen LogP contribution is -2.63. The molecule has 0 aromatic rings. The van der Waals surface area contributed by atoms with Gasteiger partial charge in [-0.05, 0) is 46.3 Å². The molecule has 9 heteroatoms. The van der Waals surface area contributed by atoms with E-state index in [4.69, 9.17) is 11.1 Å². The van der Waals surface area contributed by atoms with Crippen molar-refractivity contribution in [2.24, 2.45) is 5.73 Å². The summed E-state index contributed by atoms with van der Waals surface area (Å²) in [6.07, 6.45) is 7.04. The van der Waals surface area contributed by atoms with Crippen molar-refractivity contribution in [1.29, 1.82) is 5.41 Å². The highest BCUT2D eigenvalue weighted by Crippen LogP contribution is 2.11. The monoisotopic (exact) mass is 383 g/mol. The zero-order valence-electron chi connectivity index (χ0n) is 16.8. The summed E-state index contributed by atoms with van der Waals surface area (Å²) in [7, 11) is 3.83. The van der Waals surface area contributed by atoms with E-state index < -0.39 is 6.04 Å². The van der Waals surface area contributed by atoms with Crippen LogP contribution in [0.4, 0.5) is 0 Å². The average molecular weight is 384 g/mol. The third kappa shape index (κ3) is 9.58. The number of nitrogens with two attached hydrogens (primary N) is 1. The minimum atomic E-state index is -0.496. The minimum absolute atomic E-state index is 0.0637. The predicted octanol–water partition coefficient (Wildman–Crippen LogP) is -0.665. The first-order valence-electron chi connectivity index (χ1n) is 9.96. The summed E-state index contributed by atoms with van der Waals surface area (Å²) >= 11 is 0. The molecule has 0 aromatic heterocycles. The van der Waals surface area contributed by atoms with E-state index in [1.54, 1.807) is 0 Å². The van der Waals surface area contributed by atoms with Crippen molar-refractivity contribution in [2.75, 3.05) is 40.3 Å². The molecule has 1 aliphatic heterocycles. The quantitative estimate of drug-likeness (QED) is 0.142. The number of nitrogens with one attached hydrogen (secondary N) is 5. The largest absolute Gasteiger partial charge is 0.370 e. The van der Waals surface area contributed by atoms with Crippen molar-refractivity contribution in [2.45, 2.75) is 57.0 Å². The molecule has 1 fully saturated rings. The Morgan fingerprint density at radius 2 is 1.78 bits per heavy atom. The second-order valence-electron chi connectivity index (χ2n) is 7.16. The first-order valence-corrected chi connectivity index (χ1v) is 9.96. The zero-order valence-corrected chi connectivity index (χ0v) is 16.8. The van der Waals surface area contributed by atoms with Gasteiger partial charge < -0.3 is 27.0 Å². The Bertz CT molecular complexity index is 473. The predicted molar refractivity (Wildman–Crippen MR) is 108 cm³/mol. The highest BCUT2D eigenvalue weighted by Gasteiger charge is 2.34. The van der Waals surface area contributed by atoms with E-state index in [-0.39, 0.29) is 23.8 Å². The SMILES string of the molecule is CNCCCCCCCNC(=O)[C@H]1CN(C)[C@@H](CCCNC(=N)N)C(=O)N1. The van der Waals surface area contributed by atoms with Gasteiger partial charge in [-0.2, -0.15) is 0 Å². The number of hydrogen-bond donors (Lipinski definition) is 6. The van der Waals surface area contributed by atoms with E-state index in [1.807, 2.05) is 19.0 Å². The molecule has 156 valence electrons. The molecule has 0 radical (unpaired) electrons. The van der Waals surface area contributed by atoms with Crippen LogP contribution in [0.3, 0.4) is 0 Å². The van der Waals surface area contributed by atoms with Gasteiger partial charge in [-0.15, -0.1) is 0 Å². The van der Waals surface area contributed by atoms with Crippen LogP contribution >= 0.6 is 0 Å². The molecule has 1 saturated heterocycles. The Kier molecular flexibility index (Phi) is 11.4. The number of carbonyl (C=O) groups is 2. The van der Waals surface area contributed by atoms with E-state index in [0.29, 0.717) is 26.1 Å². The molecule has 9 nitrogen and oxygen atoms in total. The first kappa shape index (κ1) is 23.2. The molecule has 0 unspecified atom stereocenters. The highest BCUT2D eigenvalue weighted by atomic mass is 16.2. The Morgan fingerprint density at radius 1 is 1.15 bits per heavy atom. The maximum Gasteiger partial charge on any atom is 0.243 e. The molecule has 27 heavy (non-hydrogen) atoms. The van der Waals surface area contributed by atoms with Crippen molar-refractivity contribution in [3.63, 3.8) is 0 Å². The van der Waals surface area contributed by atoms with Crippen LogP contribution < -0.4 is 27.0 Å². The summed E-state index contributed by atoms with van der Waals surface area (Å²) < 4.78 is 0. The van der Waals surface area contributed by atoms with Gasteiger partial charge in [0.05, 0.1) is 6.04 Å². The topological polar surface area (TPSA) is 135 Å². The maximum absolute atomic E-state index is 12.3. The van der Waals surface area contributed by atoms with Crippen LogP contribution in [-0.2, 0) is 9.59 Å². The molecule has 2 amide bonds. The lowest BCUT2D eigenvalue weighted by Gasteiger charge is -2.36. The fraction of sp³-hybridized carbons (Fsp3) is 0.833. The number of amides is 2. The zero-order chi connectivity index (χ0) is 20.1. The number of guanidine groups is 1. The van der Waals surface area contributed by atoms with Gasteiger partial charge in [-0.1, -0.05) is 19.3 Å². The van der Waals surface area contributed by atoms with E-state index in [2.05, 4.69) is 21.3 Å². The van der Waals surface area contributed by atoms with Crippen molar-refractivity contribution >= 4 is 17.8 Å². The number of likely N-dealkylation sites (N-methyl/N-ethyl adjacent to an activating group) is 1. The highest BCUT2D eigenvalue weighted by molar-refractivity contribution is 5.91. The minimum Gasteiger partial charge on any atom is -0.370 e. The molecule has 1 aliphatic rings. The molecular weight excluding hydrogens is 346 g/mol. The van der Waals surface area contributed by atoms with Gasteiger partial charge in [-0.3, -0.25) is 19.9 Å². The molecule has 1 heterocycles. The molecule has 0 aromatic carbocycles. The van der Waals surface area contributed by atoms with Crippen LogP contribution in [0.25, 0.3) is 0 Å². The summed E-state index contributed by atoms with van der Waals surface area (Å²) in [6, 6.07) is -0.745. The normalized spacial score (nSPS) is 20.1. The van der Waals surface area contributed by atoms with Crippen LogP contribution in [-0.4, -0.2) is 75.0 Å². The van der Waals surface area contributed by atoms with E-state index in [9.17, 15) is 9.59 Å². The fourth-order valence-electron chi connectivity index (χ4n) is 3.24. The van der Waals surface area contributed by atoms with Crippen LogP contribution in [0.5, 0.6) is 0 Å². The van der Waals surface area contributed by atoms with Gasteiger partial charge in [0.25, 0.3) is 0 Å². The Morgan fingerprint density at radius 3 is 2.41 bits per heavy atom. The summed E-state index contributed by atoms with van der Waals surface area (Å²) in [4.78, 5) is 26.6. The Balaban J connectivity index is 2.20. The molecule has 1 rings (SSSR count). The van der Waals surface area contributed by atoms with E-state index in [0.717, 1.165) is 25.8 Å². The molecule has 0 aliphatic carbocycles. The Labute approximate surface area is 162 Å². The van der Waals surface area contributed by atoms with Gasteiger partial charge >= 0.3 is 0 Å². The van der Waals surface area contributed by atoms with Gasteiger partial charge in [0.15, 0.2) is 5.96 Å². The summed E-state index contributed by atoms with van der Waals surface area (Å²) in [5.74, 6) is -0.288. The summed E-state index contributed by atoms with van der Waals surface area (Å²) in [6.45, 7) is 2.78. The second kappa shape index (κ2) is 13.3. The maximum atomic E-state index is 12.3. The van der Waals surface area contributed by atoms with Gasteiger partial charge in [0.2, 0.25) is 11.8 Å². The number of carbonyl (C=O) groups excluding carboxylic acids is 2. The van der Waals surface area contributed by atoms with Crippen LogP contribution in [0.2, 0.25) is 0 Å². The lowest BCUT2D eigenvalue weighted by molar-refractivity contribution is -0.136. The van der Waals surface area contributed by atoms with Crippen LogP contribution in [0.15, 0.2) is 0 Å². The van der Waals surface area contributed by atoms with Gasteiger partial charge in [0, 0.05) is 19.6 Å². The van der Waals surface area contributed by atoms with Gasteiger partial charge in [-0.25, -0.2) is 0 Å². The summed E-state index contributed by atoms with van der Waals surface area (Å²) in [5.41, 5.74) is 5.24. The first-order chi connectivity index (χ1) is 13.0. The third-order valence-electron chi connectivity index (χ3n) is 4.81. The number of piperazine rings is 1. The van der Waals surface area contributed by atoms with Gasteiger partial charge in [0.1, 0.15) is 6.04 Å². The fourth-order valence-corrected chi connectivity index (χ4v) is 3.24. The summed E-state index contributed by atoms with van der Waals surface area (Å²) in [5, 5.41) is 18.8. The molecule has 7 N–H and O–H groups in total. The average Bonchev–Trinajstić information content (AvgIpc) is 2.62. The van der Waals surface area contributed by atoms with E-state index in [1.165, 1.54) is 19.3 Å². The van der Waals surface area contributed by atoms with E-state index >= 15 is 0 Å². The lowest BCUT2D eigenvalue weighted by atomic mass is 10.0. The standard InChI is InChI=1S/C18H37N7O2/c1-21-10-6-4-3-5-7-11-22-16(26)14-13-25(2)15(17(27)24-14)9-8-12-23-18(19)20/h14-15,21H,3-13H2,1-2H3,(H,22,26)(H,24,27)(H4,19,20,23)/t14-,15+/m1/s1. The van der Waals surface area contributed by atoms with Crippen molar-refractivity contribution < 1.29 is 9.59 Å². The van der Waals surface area contributed by atoms with Crippen molar-refractivity contribution in [1.82, 2.24) is 26.2 Å². The van der Waals surface area contributed by atoms with Crippen molar-refractivity contribution in [3.8, 4) is 0 Å². The molecular formula is C18H37N7O2. The number of nitrogens with zero attached hydrogens (tertiary/aromatic N) is 1. The Hall–Kier alpha value is -1.87. The third-order valence-corrected chi connectivity index (χ3v) is 4.81. The second-order valence-corrected chi connectivity index (χ2v) is 7.16. The molecule has 0 spiro atoms. The van der Waals surface area contributed by atoms with Crippen LogP contribution in [0.1, 0.15) is 44.9 Å². The molecule has 0 bridgehead atoms. The number of unbranched alkanes of at least 4 members (excludes halogenated alkanes) is 4. The molecule has 0 saturated carbocycles. The van der Waals surface area contributed by atoms with Crippen LogP contribution in [0, 0.1) is 5.41 Å².